The molecule has 0 saturated heterocycles. The lowest BCUT2D eigenvalue weighted by Crippen LogP contribution is -2.16. The van der Waals surface area contributed by atoms with Crippen LogP contribution < -0.4 is 4.74 Å². The van der Waals surface area contributed by atoms with Crippen molar-refractivity contribution in [2.75, 3.05) is 13.7 Å². The van der Waals surface area contributed by atoms with Gasteiger partial charge in [-0.15, -0.1) is 0 Å². The molecule has 4 heteroatoms. The summed E-state index contributed by atoms with van der Waals surface area (Å²) in [5.74, 6) is -0.324. The van der Waals surface area contributed by atoms with E-state index in [1.807, 2.05) is 32.0 Å². The molecule has 0 saturated carbocycles. The van der Waals surface area contributed by atoms with Crippen LogP contribution in [0, 0.1) is 6.92 Å². The number of rotatable bonds is 6. The molecule has 18 heavy (non-hydrogen) atoms. The summed E-state index contributed by atoms with van der Waals surface area (Å²) in [5, 5.41) is 8.64. The van der Waals surface area contributed by atoms with Gasteiger partial charge in [0.25, 0.3) is 0 Å². The highest BCUT2D eigenvalue weighted by Crippen LogP contribution is 2.21. The van der Waals surface area contributed by atoms with E-state index in [1.54, 1.807) is 7.11 Å². The van der Waals surface area contributed by atoms with E-state index in [0.29, 0.717) is 12.4 Å². The molecule has 0 aliphatic rings. The lowest BCUT2D eigenvalue weighted by atomic mass is 10.1. The number of benzene rings is 1. The number of ether oxygens (including phenoxy) is 2. The van der Waals surface area contributed by atoms with Gasteiger partial charge in [0.05, 0.1) is 6.10 Å². The minimum absolute atomic E-state index is 0.0115. The van der Waals surface area contributed by atoms with Gasteiger partial charge in [-0.05, 0) is 32.1 Å². The summed E-state index contributed by atoms with van der Waals surface area (Å²) < 4.78 is 10.7. The Kier molecular flexibility index (Phi) is 5.39. The Bertz CT molecular complexity index is 437. The van der Waals surface area contributed by atoms with Crippen molar-refractivity contribution in [3.8, 4) is 5.75 Å². The first-order valence-corrected chi connectivity index (χ1v) is 5.70. The van der Waals surface area contributed by atoms with E-state index in [9.17, 15) is 4.79 Å². The molecule has 1 atom stereocenters. The fourth-order valence-corrected chi connectivity index (χ4v) is 1.37. The molecule has 0 aliphatic heterocycles. The molecule has 4 nitrogen and oxygen atoms in total. The third kappa shape index (κ3) is 4.59. The average Bonchev–Trinajstić information content (AvgIpc) is 2.34. The minimum atomic E-state index is -0.979. The molecule has 0 radical (unpaired) electrons. The predicted molar refractivity (Wildman–Crippen MR) is 69.8 cm³/mol. The number of carboxylic acids is 1. The van der Waals surface area contributed by atoms with Crippen LogP contribution in [0.2, 0.25) is 0 Å². The number of carbonyl (C=O) groups is 1. The SMILES string of the molecule is COC(C)COc1ccc(C)cc1/C=C/C(=O)O. The van der Waals surface area contributed by atoms with Crippen molar-refractivity contribution in [2.24, 2.45) is 0 Å². The standard InChI is InChI=1S/C14H18O4/c1-10-4-6-13(18-9-11(2)17-3)12(8-10)5-7-14(15)16/h4-8,11H,9H2,1-3H3,(H,15,16)/b7-5+. The van der Waals surface area contributed by atoms with Gasteiger partial charge in [-0.25, -0.2) is 4.79 Å². The van der Waals surface area contributed by atoms with Crippen LogP contribution in [-0.4, -0.2) is 30.9 Å². The number of aryl methyl sites for hydroxylation is 1. The number of hydrogen-bond acceptors (Lipinski definition) is 3. The van der Waals surface area contributed by atoms with Gasteiger partial charge in [-0.3, -0.25) is 0 Å². The molecule has 0 heterocycles. The minimum Gasteiger partial charge on any atom is -0.490 e. The number of carboxylic acid groups (broad SMARTS) is 1. The molecule has 0 fully saturated rings. The molecular weight excluding hydrogens is 232 g/mol. The summed E-state index contributed by atoms with van der Waals surface area (Å²) in [4.78, 5) is 10.5. The van der Waals surface area contributed by atoms with E-state index in [4.69, 9.17) is 14.6 Å². The largest absolute Gasteiger partial charge is 0.490 e. The molecule has 98 valence electrons. The Labute approximate surface area is 107 Å². The lowest BCUT2D eigenvalue weighted by molar-refractivity contribution is -0.131. The first kappa shape index (κ1) is 14.3. The van der Waals surface area contributed by atoms with E-state index in [-0.39, 0.29) is 6.10 Å². The first-order chi connectivity index (χ1) is 8.52. The maximum absolute atomic E-state index is 10.5. The van der Waals surface area contributed by atoms with Crippen molar-refractivity contribution in [1.29, 1.82) is 0 Å². The van der Waals surface area contributed by atoms with Crippen molar-refractivity contribution in [3.63, 3.8) is 0 Å². The third-order valence-electron chi connectivity index (χ3n) is 2.45. The third-order valence-corrected chi connectivity index (χ3v) is 2.45. The highest BCUT2D eigenvalue weighted by molar-refractivity contribution is 5.85. The van der Waals surface area contributed by atoms with Crippen LogP contribution in [-0.2, 0) is 9.53 Å². The van der Waals surface area contributed by atoms with Crippen LogP contribution in [0.25, 0.3) is 6.08 Å². The zero-order valence-electron chi connectivity index (χ0n) is 10.8. The summed E-state index contributed by atoms with van der Waals surface area (Å²) >= 11 is 0. The summed E-state index contributed by atoms with van der Waals surface area (Å²) in [6.07, 6.45) is 2.62. The van der Waals surface area contributed by atoms with E-state index in [1.165, 1.54) is 6.08 Å². The maximum Gasteiger partial charge on any atom is 0.328 e. The van der Waals surface area contributed by atoms with Crippen molar-refractivity contribution in [1.82, 2.24) is 0 Å². The molecule has 1 rings (SSSR count). The second kappa shape index (κ2) is 6.81. The highest BCUT2D eigenvalue weighted by atomic mass is 16.5. The smallest absolute Gasteiger partial charge is 0.328 e. The Morgan fingerprint density at radius 1 is 1.50 bits per heavy atom. The average molecular weight is 250 g/mol. The van der Waals surface area contributed by atoms with Gasteiger partial charge in [0.2, 0.25) is 0 Å². The van der Waals surface area contributed by atoms with Gasteiger partial charge >= 0.3 is 5.97 Å². The van der Waals surface area contributed by atoms with Crippen molar-refractivity contribution in [2.45, 2.75) is 20.0 Å². The fraction of sp³-hybridized carbons (Fsp3) is 0.357. The van der Waals surface area contributed by atoms with Crippen LogP contribution in [0.1, 0.15) is 18.1 Å². The molecular formula is C14H18O4. The number of hydrogen-bond donors (Lipinski definition) is 1. The van der Waals surface area contributed by atoms with Crippen molar-refractivity contribution < 1.29 is 19.4 Å². The summed E-state index contributed by atoms with van der Waals surface area (Å²) in [6.45, 7) is 4.27. The Balaban J connectivity index is 2.86. The quantitative estimate of drug-likeness (QED) is 0.788. The summed E-state index contributed by atoms with van der Waals surface area (Å²) in [5.41, 5.74) is 1.80. The van der Waals surface area contributed by atoms with E-state index >= 15 is 0 Å². The summed E-state index contributed by atoms with van der Waals surface area (Å²) in [6, 6.07) is 5.64. The van der Waals surface area contributed by atoms with E-state index < -0.39 is 5.97 Å². The predicted octanol–water partition coefficient (Wildman–Crippen LogP) is 2.51. The first-order valence-electron chi connectivity index (χ1n) is 5.70. The van der Waals surface area contributed by atoms with Crippen LogP contribution in [0.3, 0.4) is 0 Å². The molecule has 1 aromatic carbocycles. The second-order valence-corrected chi connectivity index (χ2v) is 4.07. The fourth-order valence-electron chi connectivity index (χ4n) is 1.37. The number of aliphatic carboxylic acids is 1. The van der Waals surface area contributed by atoms with Gasteiger partial charge in [-0.1, -0.05) is 11.6 Å². The highest BCUT2D eigenvalue weighted by Gasteiger charge is 2.05. The Hall–Kier alpha value is -1.81. The zero-order chi connectivity index (χ0) is 13.5. The second-order valence-electron chi connectivity index (χ2n) is 4.07. The van der Waals surface area contributed by atoms with Gasteiger partial charge < -0.3 is 14.6 Å². The summed E-state index contributed by atoms with van der Waals surface area (Å²) in [7, 11) is 1.62. The zero-order valence-corrected chi connectivity index (χ0v) is 10.8. The number of methoxy groups -OCH3 is 1. The Morgan fingerprint density at radius 3 is 2.83 bits per heavy atom. The molecule has 1 unspecified atom stereocenters. The van der Waals surface area contributed by atoms with Gasteiger partial charge in [0.15, 0.2) is 0 Å². The molecule has 0 bridgehead atoms. The van der Waals surface area contributed by atoms with E-state index in [0.717, 1.165) is 17.2 Å². The molecule has 1 N–H and O–H groups in total. The molecule has 0 aromatic heterocycles. The monoisotopic (exact) mass is 250 g/mol. The van der Waals surface area contributed by atoms with Crippen molar-refractivity contribution >= 4 is 12.0 Å². The van der Waals surface area contributed by atoms with Crippen molar-refractivity contribution in [3.05, 3.63) is 35.4 Å². The molecule has 0 aliphatic carbocycles. The van der Waals surface area contributed by atoms with Crippen LogP contribution in [0.15, 0.2) is 24.3 Å². The van der Waals surface area contributed by atoms with Crippen LogP contribution in [0.5, 0.6) is 5.75 Å². The van der Waals surface area contributed by atoms with Crippen LogP contribution >= 0.6 is 0 Å². The topological polar surface area (TPSA) is 55.8 Å². The van der Waals surface area contributed by atoms with E-state index in [2.05, 4.69) is 0 Å². The molecule has 0 spiro atoms. The van der Waals surface area contributed by atoms with Crippen LogP contribution in [0.4, 0.5) is 0 Å². The van der Waals surface area contributed by atoms with Gasteiger partial charge in [0.1, 0.15) is 12.4 Å². The normalized spacial score (nSPS) is 12.6. The maximum atomic E-state index is 10.5. The van der Waals surface area contributed by atoms with Gasteiger partial charge in [0, 0.05) is 18.7 Å². The van der Waals surface area contributed by atoms with Gasteiger partial charge in [-0.2, -0.15) is 0 Å². The Morgan fingerprint density at radius 2 is 2.22 bits per heavy atom. The molecule has 0 amide bonds. The molecule has 1 aromatic rings. The lowest BCUT2D eigenvalue weighted by Gasteiger charge is -2.13.